The monoisotopic (exact) mass is 243 g/mol. The third kappa shape index (κ3) is 1.67. The Labute approximate surface area is 106 Å². The second-order valence-electron chi connectivity index (χ2n) is 4.31. The zero-order valence-electron chi connectivity index (χ0n) is 9.70. The van der Waals surface area contributed by atoms with Gasteiger partial charge in [0.15, 0.2) is 0 Å². The molecule has 2 aromatic rings. The van der Waals surface area contributed by atoms with Crippen molar-refractivity contribution >= 4 is 11.6 Å². The van der Waals surface area contributed by atoms with Gasteiger partial charge in [0.2, 0.25) is 0 Å². The van der Waals surface area contributed by atoms with Gasteiger partial charge < -0.3 is 5.32 Å². The highest BCUT2D eigenvalue weighted by atomic mass is 35.5. The van der Waals surface area contributed by atoms with Crippen molar-refractivity contribution in [1.82, 2.24) is 5.32 Å². The van der Waals surface area contributed by atoms with E-state index in [1.165, 1.54) is 22.3 Å². The van der Waals surface area contributed by atoms with E-state index in [1.54, 1.807) is 0 Å². The summed E-state index contributed by atoms with van der Waals surface area (Å²) in [5.74, 6) is 0. The highest BCUT2D eigenvalue weighted by Crippen LogP contribution is 2.43. The van der Waals surface area contributed by atoms with Crippen molar-refractivity contribution in [3.05, 3.63) is 58.6 Å². The minimum atomic E-state index is 0.282. The van der Waals surface area contributed by atoms with Crippen molar-refractivity contribution in [2.75, 3.05) is 6.54 Å². The van der Waals surface area contributed by atoms with E-state index in [2.05, 4.69) is 48.6 Å². The molecule has 0 aromatic heterocycles. The van der Waals surface area contributed by atoms with Gasteiger partial charge in [0.25, 0.3) is 0 Å². The highest BCUT2D eigenvalue weighted by Gasteiger charge is 2.27. The number of rotatable bonds is 2. The fourth-order valence-electron chi connectivity index (χ4n) is 2.60. The first-order chi connectivity index (χ1) is 8.31. The summed E-state index contributed by atoms with van der Waals surface area (Å²) >= 11 is 6.10. The minimum Gasteiger partial charge on any atom is -0.306 e. The van der Waals surface area contributed by atoms with Crippen LogP contribution in [0.3, 0.4) is 0 Å². The Hall–Kier alpha value is -1.31. The lowest BCUT2D eigenvalue weighted by Gasteiger charge is -2.14. The quantitative estimate of drug-likeness (QED) is 0.840. The molecule has 0 amide bonds. The molecule has 1 N–H and O–H groups in total. The Morgan fingerprint density at radius 2 is 1.82 bits per heavy atom. The van der Waals surface area contributed by atoms with Crippen LogP contribution in [0.15, 0.2) is 42.5 Å². The lowest BCUT2D eigenvalue weighted by atomic mass is 10.1. The van der Waals surface area contributed by atoms with Crippen molar-refractivity contribution < 1.29 is 0 Å². The minimum absolute atomic E-state index is 0.282. The summed E-state index contributed by atoms with van der Waals surface area (Å²) < 4.78 is 0. The van der Waals surface area contributed by atoms with Crippen LogP contribution in [0.1, 0.15) is 24.1 Å². The maximum atomic E-state index is 6.10. The molecule has 1 aliphatic carbocycles. The number of fused-ring (bicyclic) bond motifs is 3. The second kappa shape index (κ2) is 4.17. The Bertz CT molecular complexity index is 563. The van der Waals surface area contributed by atoms with Gasteiger partial charge in [-0.1, -0.05) is 48.9 Å². The summed E-state index contributed by atoms with van der Waals surface area (Å²) in [4.78, 5) is 0. The first-order valence-corrected chi connectivity index (χ1v) is 6.31. The molecule has 0 spiro atoms. The van der Waals surface area contributed by atoms with Gasteiger partial charge in [-0.25, -0.2) is 0 Å². The topological polar surface area (TPSA) is 12.0 Å². The summed E-state index contributed by atoms with van der Waals surface area (Å²) in [7, 11) is 0. The van der Waals surface area contributed by atoms with Crippen LogP contribution >= 0.6 is 11.6 Å². The van der Waals surface area contributed by atoms with Crippen molar-refractivity contribution in [3.63, 3.8) is 0 Å². The molecule has 1 atom stereocenters. The lowest BCUT2D eigenvalue weighted by Crippen LogP contribution is -2.19. The molecular formula is C15H14ClN. The molecule has 0 saturated heterocycles. The third-order valence-electron chi connectivity index (χ3n) is 3.29. The Morgan fingerprint density at radius 1 is 1.06 bits per heavy atom. The zero-order chi connectivity index (χ0) is 11.8. The molecule has 17 heavy (non-hydrogen) atoms. The van der Waals surface area contributed by atoms with Crippen molar-refractivity contribution in [2.24, 2.45) is 0 Å². The molecule has 1 nitrogen and oxygen atoms in total. The van der Waals surface area contributed by atoms with E-state index in [-0.39, 0.29) is 6.04 Å². The van der Waals surface area contributed by atoms with Crippen LogP contribution in [0.4, 0.5) is 0 Å². The van der Waals surface area contributed by atoms with Gasteiger partial charge in [0, 0.05) is 5.02 Å². The predicted molar refractivity (Wildman–Crippen MR) is 72.4 cm³/mol. The van der Waals surface area contributed by atoms with Crippen LogP contribution in [-0.4, -0.2) is 6.54 Å². The van der Waals surface area contributed by atoms with E-state index in [0.29, 0.717) is 0 Å². The lowest BCUT2D eigenvalue weighted by molar-refractivity contribution is 0.642. The van der Waals surface area contributed by atoms with Gasteiger partial charge in [-0.15, -0.1) is 0 Å². The fourth-order valence-corrected chi connectivity index (χ4v) is 2.78. The van der Waals surface area contributed by atoms with Crippen LogP contribution in [0, 0.1) is 0 Å². The van der Waals surface area contributed by atoms with E-state index in [9.17, 15) is 0 Å². The van der Waals surface area contributed by atoms with E-state index < -0.39 is 0 Å². The SMILES string of the molecule is CCNC1c2ccccc2-c2ccc(Cl)cc21. The average molecular weight is 244 g/mol. The molecule has 1 aliphatic rings. The summed E-state index contributed by atoms with van der Waals surface area (Å²) in [6.07, 6.45) is 0. The summed E-state index contributed by atoms with van der Waals surface area (Å²) in [5.41, 5.74) is 5.27. The van der Waals surface area contributed by atoms with Crippen LogP contribution < -0.4 is 5.32 Å². The summed E-state index contributed by atoms with van der Waals surface area (Å²) in [6.45, 7) is 3.08. The predicted octanol–water partition coefficient (Wildman–Crippen LogP) is 4.02. The molecule has 0 aliphatic heterocycles. The fraction of sp³-hybridized carbons (Fsp3) is 0.200. The molecule has 2 heteroatoms. The molecule has 0 radical (unpaired) electrons. The van der Waals surface area contributed by atoms with E-state index in [4.69, 9.17) is 11.6 Å². The Kier molecular flexibility index (Phi) is 2.65. The van der Waals surface area contributed by atoms with Crippen LogP contribution in [0.5, 0.6) is 0 Å². The molecule has 0 fully saturated rings. The average Bonchev–Trinajstić information content (AvgIpc) is 2.65. The molecule has 2 aromatic carbocycles. The van der Waals surface area contributed by atoms with Gasteiger partial charge in [-0.3, -0.25) is 0 Å². The molecule has 3 rings (SSSR count). The molecule has 86 valence electrons. The second-order valence-corrected chi connectivity index (χ2v) is 4.75. The van der Waals surface area contributed by atoms with Gasteiger partial charge >= 0.3 is 0 Å². The molecule has 1 unspecified atom stereocenters. The van der Waals surface area contributed by atoms with Crippen LogP contribution in [-0.2, 0) is 0 Å². The molecular weight excluding hydrogens is 230 g/mol. The highest BCUT2D eigenvalue weighted by molar-refractivity contribution is 6.30. The van der Waals surface area contributed by atoms with E-state index in [1.807, 2.05) is 6.07 Å². The number of hydrogen-bond donors (Lipinski definition) is 1. The molecule has 0 bridgehead atoms. The van der Waals surface area contributed by atoms with E-state index >= 15 is 0 Å². The van der Waals surface area contributed by atoms with Crippen molar-refractivity contribution in [2.45, 2.75) is 13.0 Å². The van der Waals surface area contributed by atoms with Gasteiger partial charge in [0.05, 0.1) is 6.04 Å². The normalized spacial score (nSPS) is 16.7. The Balaban J connectivity index is 2.22. The van der Waals surface area contributed by atoms with Crippen LogP contribution in [0.25, 0.3) is 11.1 Å². The standard InChI is InChI=1S/C15H14ClN/c1-2-17-15-13-6-4-3-5-11(13)12-8-7-10(16)9-14(12)15/h3-9,15,17H,2H2,1H3. The number of nitrogens with one attached hydrogen (secondary N) is 1. The number of benzene rings is 2. The largest absolute Gasteiger partial charge is 0.306 e. The van der Waals surface area contributed by atoms with Crippen molar-refractivity contribution in [3.8, 4) is 11.1 Å². The smallest absolute Gasteiger partial charge is 0.0589 e. The van der Waals surface area contributed by atoms with Gasteiger partial charge in [-0.05, 0) is 40.9 Å². The van der Waals surface area contributed by atoms with E-state index in [0.717, 1.165) is 11.6 Å². The molecule has 0 saturated carbocycles. The zero-order valence-corrected chi connectivity index (χ0v) is 10.5. The number of hydrogen-bond acceptors (Lipinski definition) is 1. The van der Waals surface area contributed by atoms with Crippen molar-refractivity contribution in [1.29, 1.82) is 0 Å². The van der Waals surface area contributed by atoms with Gasteiger partial charge in [0.1, 0.15) is 0 Å². The van der Waals surface area contributed by atoms with Gasteiger partial charge in [-0.2, -0.15) is 0 Å². The third-order valence-corrected chi connectivity index (χ3v) is 3.53. The first kappa shape index (κ1) is 10.8. The maximum absolute atomic E-state index is 6.10. The first-order valence-electron chi connectivity index (χ1n) is 5.93. The molecule has 0 heterocycles. The summed E-state index contributed by atoms with van der Waals surface area (Å²) in [6, 6.07) is 15.0. The Morgan fingerprint density at radius 3 is 2.65 bits per heavy atom. The number of halogens is 1. The maximum Gasteiger partial charge on any atom is 0.0589 e. The van der Waals surface area contributed by atoms with Crippen LogP contribution in [0.2, 0.25) is 5.02 Å². The summed E-state index contributed by atoms with van der Waals surface area (Å²) in [5, 5.41) is 4.33.